The lowest BCUT2D eigenvalue weighted by molar-refractivity contribution is -0.143. The smallest absolute Gasteiger partial charge is 0.336 e. The van der Waals surface area contributed by atoms with Crippen LogP contribution in [0.5, 0.6) is 11.5 Å². The van der Waals surface area contributed by atoms with Crippen LogP contribution in [0.4, 0.5) is 0 Å². The Morgan fingerprint density at radius 2 is 1.97 bits per heavy atom. The van der Waals surface area contributed by atoms with Gasteiger partial charge in [0.15, 0.2) is 0 Å². The van der Waals surface area contributed by atoms with Crippen molar-refractivity contribution in [2.24, 2.45) is 0 Å². The average Bonchev–Trinajstić information content (AvgIpc) is 2.74. The molecule has 6 nitrogen and oxygen atoms in total. The third-order valence-corrected chi connectivity index (χ3v) is 4.73. The lowest BCUT2D eigenvalue weighted by Crippen LogP contribution is -2.08. The summed E-state index contributed by atoms with van der Waals surface area (Å²) in [7, 11) is 1.61. The molecule has 0 saturated carbocycles. The van der Waals surface area contributed by atoms with Gasteiger partial charge < -0.3 is 18.6 Å². The first-order valence-electron chi connectivity index (χ1n) is 9.99. The number of esters is 1. The molecule has 1 aromatic heterocycles. The molecule has 0 atom stereocenters. The number of carbonyl (C=O) groups excluding carboxylic acids is 1. The van der Waals surface area contributed by atoms with E-state index in [0.29, 0.717) is 31.0 Å². The highest BCUT2D eigenvalue weighted by Crippen LogP contribution is 2.29. The maximum absolute atomic E-state index is 12.0. The zero-order valence-corrected chi connectivity index (χ0v) is 17.5. The molecule has 0 aliphatic heterocycles. The Morgan fingerprint density at radius 3 is 2.73 bits per heavy atom. The molecule has 0 saturated heterocycles. The number of carbonyl (C=O) groups is 1. The van der Waals surface area contributed by atoms with Gasteiger partial charge in [-0.3, -0.25) is 4.79 Å². The van der Waals surface area contributed by atoms with Crippen LogP contribution in [0.1, 0.15) is 36.5 Å². The monoisotopic (exact) mass is 410 g/mol. The molecule has 0 unspecified atom stereocenters. The molecular formula is C24H26O6. The average molecular weight is 410 g/mol. The van der Waals surface area contributed by atoms with E-state index in [-0.39, 0.29) is 12.4 Å². The molecule has 0 fully saturated rings. The summed E-state index contributed by atoms with van der Waals surface area (Å²) in [5.41, 5.74) is 2.66. The van der Waals surface area contributed by atoms with Crippen molar-refractivity contribution in [1.29, 1.82) is 0 Å². The van der Waals surface area contributed by atoms with Crippen LogP contribution in [0.3, 0.4) is 0 Å². The standard InChI is InChI=1S/C24H26O6/c1-4-10-28-23(25)9-8-18-13-20-16(2)11-24(26)30-22(20)14-21(18)29-15-17-6-5-7-19(12-17)27-3/h5-7,11-14H,4,8-10,15H2,1-3H3. The third kappa shape index (κ3) is 5.41. The van der Waals surface area contributed by atoms with Gasteiger partial charge in [0.1, 0.15) is 23.7 Å². The summed E-state index contributed by atoms with van der Waals surface area (Å²) in [5.74, 6) is 1.07. The number of aryl methyl sites for hydroxylation is 2. The second-order valence-electron chi connectivity index (χ2n) is 7.07. The van der Waals surface area contributed by atoms with Gasteiger partial charge in [0.05, 0.1) is 13.7 Å². The molecule has 1 heterocycles. The second-order valence-corrected chi connectivity index (χ2v) is 7.07. The molecule has 2 aromatic carbocycles. The molecule has 0 aliphatic carbocycles. The van der Waals surface area contributed by atoms with Gasteiger partial charge in [-0.1, -0.05) is 19.1 Å². The number of methoxy groups -OCH3 is 1. The fraction of sp³-hybridized carbons (Fsp3) is 0.333. The van der Waals surface area contributed by atoms with E-state index in [2.05, 4.69) is 0 Å². The molecule has 0 amide bonds. The van der Waals surface area contributed by atoms with Crippen molar-refractivity contribution >= 4 is 16.9 Å². The van der Waals surface area contributed by atoms with Gasteiger partial charge in [0.25, 0.3) is 0 Å². The van der Waals surface area contributed by atoms with E-state index >= 15 is 0 Å². The molecular weight excluding hydrogens is 384 g/mol. The Bertz CT molecular complexity index is 1080. The largest absolute Gasteiger partial charge is 0.497 e. The van der Waals surface area contributed by atoms with Crippen molar-refractivity contribution in [2.75, 3.05) is 13.7 Å². The highest BCUT2D eigenvalue weighted by atomic mass is 16.5. The topological polar surface area (TPSA) is 75.0 Å². The zero-order valence-electron chi connectivity index (χ0n) is 17.5. The minimum atomic E-state index is -0.408. The highest BCUT2D eigenvalue weighted by molar-refractivity contribution is 5.83. The quantitative estimate of drug-likeness (QED) is 0.380. The number of hydrogen-bond donors (Lipinski definition) is 0. The molecule has 30 heavy (non-hydrogen) atoms. The lowest BCUT2D eigenvalue weighted by atomic mass is 10.0. The molecule has 0 radical (unpaired) electrons. The van der Waals surface area contributed by atoms with Crippen molar-refractivity contribution in [3.8, 4) is 11.5 Å². The first-order valence-corrected chi connectivity index (χ1v) is 9.99. The van der Waals surface area contributed by atoms with Crippen molar-refractivity contribution in [2.45, 2.75) is 39.7 Å². The summed E-state index contributed by atoms with van der Waals surface area (Å²) in [4.78, 5) is 23.8. The van der Waals surface area contributed by atoms with Crippen LogP contribution in [-0.4, -0.2) is 19.7 Å². The summed E-state index contributed by atoms with van der Waals surface area (Å²) in [5, 5.41) is 0.820. The Kier molecular flexibility index (Phi) is 7.12. The van der Waals surface area contributed by atoms with Gasteiger partial charge in [-0.2, -0.15) is 0 Å². The van der Waals surface area contributed by atoms with E-state index in [9.17, 15) is 9.59 Å². The molecule has 0 aliphatic rings. The number of fused-ring (bicyclic) bond motifs is 1. The maximum Gasteiger partial charge on any atom is 0.336 e. The van der Waals surface area contributed by atoms with Crippen LogP contribution in [-0.2, 0) is 22.6 Å². The number of hydrogen-bond acceptors (Lipinski definition) is 6. The predicted octanol–water partition coefficient (Wildman–Crippen LogP) is 4.57. The zero-order chi connectivity index (χ0) is 21.5. The van der Waals surface area contributed by atoms with Gasteiger partial charge in [0.2, 0.25) is 0 Å². The Labute approximate surface area is 175 Å². The van der Waals surface area contributed by atoms with Crippen molar-refractivity contribution < 1.29 is 23.4 Å². The normalized spacial score (nSPS) is 10.8. The molecule has 6 heteroatoms. The van der Waals surface area contributed by atoms with E-state index in [1.54, 1.807) is 13.2 Å². The molecule has 0 bridgehead atoms. The van der Waals surface area contributed by atoms with Gasteiger partial charge in [-0.15, -0.1) is 0 Å². The van der Waals surface area contributed by atoms with Gasteiger partial charge in [-0.25, -0.2) is 4.79 Å². The van der Waals surface area contributed by atoms with E-state index in [4.69, 9.17) is 18.6 Å². The Balaban J connectivity index is 1.88. The SMILES string of the molecule is CCCOC(=O)CCc1cc2c(C)cc(=O)oc2cc1OCc1cccc(OC)c1. The first-order chi connectivity index (χ1) is 14.5. The summed E-state index contributed by atoms with van der Waals surface area (Å²) in [6.07, 6.45) is 1.50. The minimum Gasteiger partial charge on any atom is -0.497 e. The summed E-state index contributed by atoms with van der Waals surface area (Å²) in [6, 6.07) is 12.7. The van der Waals surface area contributed by atoms with Crippen LogP contribution >= 0.6 is 0 Å². The fourth-order valence-electron chi connectivity index (χ4n) is 3.17. The minimum absolute atomic E-state index is 0.244. The number of rotatable bonds is 9. The maximum atomic E-state index is 12.0. The van der Waals surface area contributed by atoms with Crippen molar-refractivity contribution in [1.82, 2.24) is 0 Å². The van der Waals surface area contributed by atoms with Crippen LogP contribution in [0.2, 0.25) is 0 Å². The predicted molar refractivity (Wildman–Crippen MR) is 114 cm³/mol. The van der Waals surface area contributed by atoms with E-state index < -0.39 is 5.63 Å². The van der Waals surface area contributed by atoms with E-state index in [1.165, 1.54) is 6.07 Å². The number of ether oxygens (including phenoxy) is 3. The summed E-state index contributed by atoms with van der Waals surface area (Å²) >= 11 is 0. The van der Waals surface area contributed by atoms with Gasteiger partial charge in [-0.05, 0) is 54.7 Å². The van der Waals surface area contributed by atoms with Crippen LogP contribution in [0, 0.1) is 6.92 Å². The van der Waals surface area contributed by atoms with E-state index in [0.717, 1.165) is 34.2 Å². The van der Waals surface area contributed by atoms with Crippen molar-refractivity contribution in [3.05, 3.63) is 69.6 Å². The van der Waals surface area contributed by atoms with Crippen LogP contribution < -0.4 is 15.1 Å². The Hall–Kier alpha value is -3.28. The van der Waals surface area contributed by atoms with Gasteiger partial charge in [0, 0.05) is 23.9 Å². The second kappa shape index (κ2) is 9.96. The molecule has 0 spiro atoms. The summed E-state index contributed by atoms with van der Waals surface area (Å²) < 4.78 is 21.8. The fourth-order valence-corrected chi connectivity index (χ4v) is 3.17. The van der Waals surface area contributed by atoms with Gasteiger partial charge >= 0.3 is 11.6 Å². The lowest BCUT2D eigenvalue weighted by Gasteiger charge is -2.14. The highest BCUT2D eigenvalue weighted by Gasteiger charge is 2.13. The third-order valence-electron chi connectivity index (χ3n) is 4.73. The molecule has 3 rings (SSSR count). The van der Waals surface area contributed by atoms with E-state index in [1.807, 2.05) is 44.2 Å². The Morgan fingerprint density at radius 1 is 1.13 bits per heavy atom. The molecule has 0 N–H and O–H groups in total. The molecule has 3 aromatic rings. The van der Waals surface area contributed by atoms with Crippen molar-refractivity contribution in [3.63, 3.8) is 0 Å². The van der Waals surface area contributed by atoms with Crippen LogP contribution in [0.25, 0.3) is 11.0 Å². The summed E-state index contributed by atoms with van der Waals surface area (Å²) in [6.45, 7) is 4.54. The van der Waals surface area contributed by atoms with Crippen LogP contribution in [0.15, 0.2) is 51.7 Å². The number of benzene rings is 2. The first kappa shape index (κ1) is 21.4. The molecule has 158 valence electrons.